The standard InChI is InChI=1S/C25H28O4/c1-5-27-24(26)23(29-25(2,3)4)22-20-14-10-9-13-19(20)15-16-21(22)28-17-18-11-7-6-8-12-18/h6-16,23H,5,17H2,1-4H3. The number of carbonyl (C=O) groups excluding carboxylic acids is 1. The summed E-state index contributed by atoms with van der Waals surface area (Å²) >= 11 is 0. The van der Waals surface area contributed by atoms with Crippen molar-refractivity contribution >= 4 is 16.7 Å². The van der Waals surface area contributed by atoms with Gasteiger partial charge in [0.25, 0.3) is 0 Å². The topological polar surface area (TPSA) is 44.8 Å². The number of hydrogen-bond donors (Lipinski definition) is 0. The van der Waals surface area contributed by atoms with Crippen molar-refractivity contribution in [3.63, 3.8) is 0 Å². The molecule has 0 radical (unpaired) electrons. The number of esters is 1. The fourth-order valence-corrected chi connectivity index (χ4v) is 3.20. The molecule has 0 N–H and O–H groups in total. The molecule has 0 aliphatic rings. The molecule has 152 valence electrons. The van der Waals surface area contributed by atoms with E-state index in [0.717, 1.165) is 16.3 Å². The minimum atomic E-state index is -0.883. The summed E-state index contributed by atoms with van der Waals surface area (Å²) in [6, 6.07) is 21.8. The van der Waals surface area contributed by atoms with Crippen molar-refractivity contribution in [1.82, 2.24) is 0 Å². The third-order valence-corrected chi connectivity index (χ3v) is 4.40. The Bertz CT molecular complexity index is 957. The van der Waals surface area contributed by atoms with Crippen LogP contribution in [0.15, 0.2) is 66.7 Å². The van der Waals surface area contributed by atoms with Gasteiger partial charge in [-0.3, -0.25) is 0 Å². The van der Waals surface area contributed by atoms with Crippen molar-refractivity contribution < 1.29 is 19.0 Å². The Balaban J connectivity index is 2.08. The molecule has 1 unspecified atom stereocenters. The summed E-state index contributed by atoms with van der Waals surface area (Å²) in [4.78, 5) is 12.9. The van der Waals surface area contributed by atoms with E-state index in [2.05, 4.69) is 0 Å². The molecule has 0 saturated carbocycles. The predicted octanol–water partition coefficient (Wildman–Crippen LogP) is 5.84. The van der Waals surface area contributed by atoms with Crippen molar-refractivity contribution in [3.8, 4) is 5.75 Å². The molecule has 0 saturated heterocycles. The first kappa shape index (κ1) is 20.9. The van der Waals surface area contributed by atoms with Crippen molar-refractivity contribution in [1.29, 1.82) is 0 Å². The number of carbonyl (C=O) groups is 1. The zero-order valence-corrected chi connectivity index (χ0v) is 17.5. The number of rotatable bonds is 7. The van der Waals surface area contributed by atoms with Crippen molar-refractivity contribution in [2.24, 2.45) is 0 Å². The van der Waals surface area contributed by atoms with Gasteiger partial charge in [0, 0.05) is 5.56 Å². The average Bonchev–Trinajstić information content (AvgIpc) is 2.70. The molecule has 29 heavy (non-hydrogen) atoms. The average molecular weight is 392 g/mol. The first-order chi connectivity index (χ1) is 13.9. The number of hydrogen-bond acceptors (Lipinski definition) is 4. The molecule has 0 aliphatic heterocycles. The maximum Gasteiger partial charge on any atom is 0.340 e. The predicted molar refractivity (Wildman–Crippen MR) is 115 cm³/mol. The van der Waals surface area contributed by atoms with E-state index < -0.39 is 17.7 Å². The molecule has 4 heteroatoms. The van der Waals surface area contributed by atoms with Gasteiger partial charge in [-0.2, -0.15) is 0 Å². The van der Waals surface area contributed by atoms with Crippen LogP contribution in [0.1, 0.15) is 44.9 Å². The lowest BCUT2D eigenvalue weighted by Crippen LogP contribution is -2.29. The Kier molecular flexibility index (Phi) is 6.55. The number of benzene rings is 3. The van der Waals surface area contributed by atoms with Crippen LogP contribution >= 0.6 is 0 Å². The summed E-state index contributed by atoms with van der Waals surface area (Å²) in [6.45, 7) is 8.26. The summed E-state index contributed by atoms with van der Waals surface area (Å²) in [5.41, 5.74) is 1.22. The zero-order valence-electron chi connectivity index (χ0n) is 17.5. The van der Waals surface area contributed by atoms with Gasteiger partial charge >= 0.3 is 5.97 Å². The Labute approximate surface area is 172 Å². The van der Waals surface area contributed by atoms with E-state index in [-0.39, 0.29) is 6.61 Å². The monoisotopic (exact) mass is 392 g/mol. The summed E-state index contributed by atoms with van der Waals surface area (Å²) in [5, 5.41) is 1.93. The molecular formula is C25H28O4. The normalized spacial score (nSPS) is 12.6. The molecule has 0 heterocycles. The molecule has 3 rings (SSSR count). The van der Waals surface area contributed by atoms with Gasteiger partial charge in [-0.25, -0.2) is 4.79 Å². The second-order valence-electron chi connectivity index (χ2n) is 7.84. The second kappa shape index (κ2) is 9.10. The minimum absolute atomic E-state index is 0.286. The van der Waals surface area contributed by atoms with Gasteiger partial charge in [-0.15, -0.1) is 0 Å². The van der Waals surface area contributed by atoms with Crippen LogP contribution in [0, 0.1) is 0 Å². The third kappa shape index (κ3) is 5.36. The number of ether oxygens (including phenoxy) is 3. The van der Waals surface area contributed by atoms with E-state index in [4.69, 9.17) is 14.2 Å². The van der Waals surface area contributed by atoms with Gasteiger partial charge in [-0.05, 0) is 50.1 Å². The minimum Gasteiger partial charge on any atom is -0.488 e. The first-order valence-electron chi connectivity index (χ1n) is 9.92. The molecule has 1 atom stereocenters. The second-order valence-corrected chi connectivity index (χ2v) is 7.84. The zero-order chi connectivity index (χ0) is 20.9. The van der Waals surface area contributed by atoms with E-state index in [1.54, 1.807) is 6.92 Å². The molecule has 0 bridgehead atoms. The van der Waals surface area contributed by atoms with Crippen molar-refractivity contribution in [3.05, 3.63) is 77.9 Å². The van der Waals surface area contributed by atoms with Crippen LogP contribution in [0.25, 0.3) is 10.8 Å². The van der Waals surface area contributed by atoms with Crippen LogP contribution in [0.3, 0.4) is 0 Å². The molecule has 0 fully saturated rings. The van der Waals surface area contributed by atoms with E-state index >= 15 is 0 Å². The Morgan fingerprint density at radius 2 is 1.62 bits per heavy atom. The van der Waals surface area contributed by atoms with Gasteiger partial charge in [-0.1, -0.05) is 60.7 Å². The maximum atomic E-state index is 12.9. The van der Waals surface area contributed by atoms with Gasteiger partial charge in [0.15, 0.2) is 6.10 Å². The quantitative estimate of drug-likeness (QED) is 0.474. The largest absolute Gasteiger partial charge is 0.488 e. The Hall–Kier alpha value is -2.85. The maximum absolute atomic E-state index is 12.9. The fourth-order valence-electron chi connectivity index (χ4n) is 3.20. The Morgan fingerprint density at radius 1 is 0.931 bits per heavy atom. The first-order valence-corrected chi connectivity index (χ1v) is 9.92. The van der Waals surface area contributed by atoms with Gasteiger partial charge in [0.1, 0.15) is 12.4 Å². The summed E-state index contributed by atoms with van der Waals surface area (Å²) in [6.07, 6.45) is -0.883. The summed E-state index contributed by atoms with van der Waals surface area (Å²) in [7, 11) is 0. The van der Waals surface area contributed by atoms with E-state index in [1.807, 2.05) is 87.5 Å². The van der Waals surface area contributed by atoms with Crippen molar-refractivity contribution in [2.45, 2.75) is 46.0 Å². The van der Waals surface area contributed by atoms with Crippen LogP contribution in [-0.2, 0) is 20.9 Å². The van der Waals surface area contributed by atoms with E-state index in [0.29, 0.717) is 17.9 Å². The van der Waals surface area contributed by atoms with Crippen LogP contribution < -0.4 is 4.74 Å². The smallest absolute Gasteiger partial charge is 0.340 e. The lowest BCUT2D eigenvalue weighted by Gasteiger charge is -2.28. The summed E-state index contributed by atoms with van der Waals surface area (Å²) < 4.78 is 17.7. The molecule has 3 aromatic carbocycles. The highest BCUT2D eigenvalue weighted by Crippen LogP contribution is 2.38. The molecule has 0 aliphatic carbocycles. The van der Waals surface area contributed by atoms with Gasteiger partial charge in [0.05, 0.1) is 12.2 Å². The lowest BCUT2D eigenvalue weighted by molar-refractivity contribution is -0.166. The highest BCUT2D eigenvalue weighted by atomic mass is 16.6. The highest BCUT2D eigenvalue weighted by molar-refractivity contribution is 5.92. The fraction of sp³-hybridized carbons (Fsp3) is 0.320. The van der Waals surface area contributed by atoms with Crippen molar-refractivity contribution in [2.75, 3.05) is 6.61 Å². The van der Waals surface area contributed by atoms with Gasteiger partial charge in [0.2, 0.25) is 0 Å². The highest BCUT2D eigenvalue weighted by Gasteiger charge is 2.32. The van der Waals surface area contributed by atoms with E-state index in [9.17, 15) is 4.79 Å². The van der Waals surface area contributed by atoms with Crippen LogP contribution in [0.5, 0.6) is 5.75 Å². The molecule has 0 aromatic heterocycles. The molecule has 0 spiro atoms. The molecular weight excluding hydrogens is 364 g/mol. The van der Waals surface area contributed by atoms with Gasteiger partial charge < -0.3 is 14.2 Å². The number of fused-ring (bicyclic) bond motifs is 1. The van der Waals surface area contributed by atoms with E-state index in [1.165, 1.54) is 0 Å². The third-order valence-electron chi connectivity index (χ3n) is 4.40. The molecule has 0 amide bonds. The van der Waals surface area contributed by atoms with Crippen LogP contribution in [0.2, 0.25) is 0 Å². The lowest BCUT2D eigenvalue weighted by atomic mass is 9.98. The van der Waals surface area contributed by atoms with Crippen LogP contribution in [0.4, 0.5) is 0 Å². The molecule has 4 nitrogen and oxygen atoms in total. The summed E-state index contributed by atoms with van der Waals surface area (Å²) in [5.74, 6) is 0.207. The van der Waals surface area contributed by atoms with Crippen LogP contribution in [-0.4, -0.2) is 18.2 Å². The Morgan fingerprint density at radius 3 is 2.31 bits per heavy atom. The molecule has 3 aromatic rings. The SMILES string of the molecule is CCOC(=O)C(OC(C)(C)C)c1c(OCc2ccccc2)ccc2ccccc12.